The Balaban J connectivity index is 3.39. The number of hydrogen-bond donors (Lipinski definition) is 0. The highest BCUT2D eigenvalue weighted by Crippen LogP contribution is 2.08. The van der Waals surface area contributed by atoms with Gasteiger partial charge in [0, 0.05) is 0 Å². The second-order valence-corrected chi connectivity index (χ2v) is 6.88. The van der Waals surface area contributed by atoms with Crippen LogP contribution in [0.15, 0.2) is 0 Å². The highest BCUT2D eigenvalue weighted by atomic mass is 32.3. The molecule has 0 bridgehead atoms. The number of unbranched alkanes of at least 4 members (excludes halogenated alkanes) is 10. The van der Waals surface area contributed by atoms with Crippen molar-refractivity contribution in [2.45, 2.75) is 90.9 Å². The van der Waals surface area contributed by atoms with Gasteiger partial charge in [0.1, 0.15) is 0 Å². The zero-order chi connectivity index (χ0) is 15.8. The van der Waals surface area contributed by atoms with Crippen LogP contribution in [0.25, 0.3) is 0 Å². The van der Waals surface area contributed by atoms with E-state index in [0.29, 0.717) is 0 Å². The molecular weight excluding hydrogens is 288 g/mol. The average Bonchev–Trinajstić information content (AvgIpc) is 2.45. The fraction of sp³-hybridized carbons (Fsp3) is 1.00. The minimum atomic E-state index is -3.78. The van der Waals surface area contributed by atoms with Gasteiger partial charge in [-0.25, -0.2) is 8.37 Å². The van der Waals surface area contributed by atoms with Crippen molar-refractivity contribution in [1.29, 1.82) is 0 Å². The predicted octanol–water partition coefficient (Wildman–Crippen LogP) is 4.99. The SMILES string of the molecule is CCCCCCCCOS(=O)(=O)OCCCCCCCC. The first kappa shape index (κ1) is 20.9. The molecule has 0 unspecified atom stereocenters. The molecule has 5 heteroatoms. The smallest absolute Gasteiger partial charge is 0.248 e. The van der Waals surface area contributed by atoms with Gasteiger partial charge in [0.25, 0.3) is 0 Å². The summed E-state index contributed by atoms with van der Waals surface area (Å²) in [5.41, 5.74) is 0. The van der Waals surface area contributed by atoms with Crippen LogP contribution in [-0.4, -0.2) is 21.6 Å². The number of rotatable bonds is 16. The minimum Gasteiger partial charge on any atom is -0.248 e. The fourth-order valence-electron chi connectivity index (χ4n) is 2.12. The van der Waals surface area contributed by atoms with Crippen molar-refractivity contribution in [3.8, 4) is 0 Å². The summed E-state index contributed by atoms with van der Waals surface area (Å²) in [4.78, 5) is 0. The van der Waals surface area contributed by atoms with Crippen LogP contribution in [-0.2, 0) is 18.8 Å². The van der Waals surface area contributed by atoms with Gasteiger partial charge in [-0.3, -0.25) is 0 Å². The van der Waals surface area contributed by atoms with Crippen LogP contribution in [0.3, 0.4) is 0 Å². The second kappa shape index (κ2) is 14.8. The topological polar surface area (TPSA) is 52.6 Å². The summed E-state index contributed by atoms with van der Waals surface area (Å²) in [5.74, 6) is 0. The molecule has 0 aromatic heterocycles. The molecule has 4 nitrogen and oxygen atoms in total. The Morgan fingerprint density at radius 2 is 0.905 bits per heavy atom. The van der Waals surface area contributed by atoms with E-state index in [1.807, 2.05) is 0 Å². The third kappa shape index (κ3) is 16.1. The molecule has 0 fully saturated rings. The molecule has 0 heterocycles. The molecule has 0 aromatic rings. The van der Waals surface area contributed by atoms with E-state index in [0.717, 1.165) is 38.5 Å². The molecule has 0 rings (SSSR count). The van der Waals surface area contributed by atoms with Crippen LogP contribution in [0.1, 0.15) is 90.9 Å². The van der Waals surface area contributed by atoms with Crippen molar-refractivity contribution >= 4 is 10.4 Å². The maximum Gasteiger partial charge on any atom is 0.399 e. The quantitative estimate of drug-likeness (QED) is 0.376. The Morgan fingerprint density at radius 1 is 0.571 bits per heavy atom. The third-order valence-corrected chi connectivity index (χ3v) is 4.36. The average molecular weight is 323 g/mol. The molecule has 128 valence electrons. The lowest BCUT2D eigenvalue weighted by molar-refractivity contribution is 0.208. The first-order valence-electron chi connectivity index (χ1n) is 8.66. The molecule has 21 heavy (non-hydrogen) atoms. The van der Waals surface area contributed by atoms with Crippen LogP contribution in [0.4, 0.5) is 0 Å². The molecule has 0 amide bonds. The summed E-state index contributed by atoms with van der Waals surface area (Å²) in [5, 5.41) is 0. The van der Waals surface area contributed by atoms with Gasteiger partial charge >= 0.3 is 10.4 Å². The Labute approximate surface area is 131 Å². The van der Waals surface area contributed by atoms with Crippen molar-refractivity contribution in [2.75, 3.05) is 13.2 Å². The lowest BCUT2D eigenvalue weighted by atomic mass is 10.1. The standard InChI is InChI=1S/C16H34O4S/c1-3-5-7-9-11-13-15-19-21(17,18)20-16-14-12-10-8-6-4-2/h3-16H2,1-2H3. The first-order valence-corrected chi connectivity index (χ1v) is 9.99. The van der Waals surface area contributed by atoms with E-state index in [9.17, 15) is 8.42 Å². The van der Waals surface area contributed by atoms with E-state index in [4.69, 9.17) is 8.37 Å². The Bertz CT molecular complexity index is 277. The zero-order valence-corrected chi connectivity index (χ0v) is 14.8. The summed E-state index contributed by atoms with van der Waals surface area (Å²) < 4.78 is 32.6. The molecule has 0 N–H and O–H groups in total. The third-order valence-electron chi connectivity index (χ3n) is 3.45. The fourth-order valence-corrected chi connectivity index (χ4v) is 2.83. The van der Waals surface area contributed by atoms with Gasteiger partial charge in [-0.2, -0.15) is 8.42 Å². The molecule has 0 saturated heterocycles. The van der Waals surface area contributed by atoms with E-state index in [1.54, 1.807) is 0 Å². The van der Waals surface area contributed by atoms with Crippen molar-refractivity contribution in [1.82, 2.24) is 0 Å². The molecule has 0 aliphatic rings. The van der Waals surface area contributed by atoms with Crippen LogP contribution >= 0.6 is 0 Å². The highest BCUT2D eigenvalue weighted by molar-refractivity contribution is 7.81. The second-order valence-electron chi connectivity index (χ2n) is 5.59. The van der Waals surface area contributed by atoms with E-state index in [-0.39, 0.29) is 13.2 Å². The van der Waals surface area contributed by atoms with Crippen molar-refractivity contribution in [3.63, 3.8) is 0 Å². The molecule has 0 spiro atoms. The Kier molecular flexibility index (Phi) is 14.7. The van der Waals surface area contributed by atoms with Gasteiger partial charge in [0.05, 0.1) is 13.2 Å². The van der Waals surface area contributed by atoms with Crippen LogP contribution < -0.4 is 0 Å². The van der Waals surface area contributed by atoms with Gasteiger partial charge in [0.15, 0.2) is 0 Å². The normalized spacial score (nSPS) is 11.9. The molecule has 0 aromatic carbocycles. The minimum absolute atomic E-state index is 0.241. The summed E-state index contributed by atoms with van der Waals surface area (Å²) in [6, 6.07) is 0. The predicted molar refractivity (Wildman–Crippen MR) is 87.6 cm³/mol. The molecule has 0 aliphatic heterocycles. The zero-order valence-electron chi connectivity index (χ0n) is 13.9. The maximum atomic E-state index is 11.5. The largest absolute Gasteiger partial charge is 0.399 e. The molecular formula is C16H34O4S. The first-order chi connectivity index (χ1) is 10.1. The maximum absolute atomic E-state index is 11.5. The van der Waals surface area contributed by atoms with Gasteiger partial charge in [-0.15, -0.1) is 0 Å². The molecule has 0 atom stereocenters. The van der Waals surface area contributed by atoms with E-state index < -0.39 is 10.4 Å². The summed E-state index contributed by atoms with van der Waals surface area (Å²) in [7, 11) is -3.78. The molecule has 0 aliphatic carbocycles. The summed E-state index contributed by atoms with van der Waals surface area (Å²) in [6.45, 7) is 4.84. The Morgan fingerprint density at radius 3 is 1.29 bits per heavy atom. The lowest BCUT2D eigenvalue weighted by Crippen LogP contribution is -2.12. The summed E-state index contributed by atoms with van der Waals surface area (Å²) in [6.07, 6.45) is 13.3. The van der Waals surface area contributed by atoms with Gasteiger partial charge in [-0.05, 0) is 12.8 Å². The van der Waals surface area contributed by atoms with Gasteiger partial charge < -0.3 is 0 Å². The number of hydrogen-bond acceptors (Lipinski definition) is 4. The summed E-state index contributed by atoms with van der Waals surface area (Å²) >= 11 is 0. The van der Waals surface area contributed by atoms with Crippen LogP contribution in [0.5, 0.6) is 0 Å². The van der Waals surface area contributed by atoms with Crippen molar-refractivity contribution in [2.24, 2.45) is 0 Å². The monoisotopic (exact) mass is 322 g/mol. The van der Waals surface area contributed by atoms with Gasteiger partial charge in [0.2, 0.25) is 0 Å². The van der Waals surface area contributed by atoms with Gasteiger partial charge in [-0.1, -0.05) is 78.1 Å². The lowest BCUT2D eigenvalue weighted by Gasteiger charge is -2.06. The molecule has 0 saturated carbocycles. The molecule has 0 radical (unpaired) electrons. The van der Waals surface area contributed by atoms with Crippen LogP contribution in [0.2, 0.25) is 0 Å². The van der Waals surface area contributed by atoms with E-state index >= 15 is 0 Å². The highest BCUT2D eigenvalue weighted by Gasteiger charge is 2.10. The van der Waals surface area contributed by atoms with E-state index in [1.165, 1.54) is 38.5 Å². The van der Waals surface area contributed by atoms with Crippen molar-refractivity contribution < 1.29 is 16.8 Å². The van der Waals surface area contributed by atoms with E-state index in [2.05, 4.69) is 13.8 Å². The van der Waals surface area contributed by atoms with Crippen molar-refractivity contribution in [3.05, 3.63) is 0 Å². The van der Waals surface area contributed by atoms with Crippen LogP contribution in [0, 0.1) is 0 Å². The Hall–Kier alpha value is -0.130.